The molecule has 1 heterocycles. The quantitative estimate of drug-likeness (QED) is 0.862. The van der Waals surface area contributed by atoms with Crippen LogP contribution in [-0.2, 0) is 11.2 Å². The summed E-state index contributed by atoms with van der Waals surface area (Å²) in [6.07, 6.45) is 1.07. The Balaban J connectivity index is 1.84. The molecule has 1 unspecified atom stereocenters. The number of nitriles is 1. The van der Waals surface area contributed by atoms with Crippen molar-refractivity contribution in [3.8, 4) is 6.07 Å². The Labute approximate surface area is 118 Å². The van der Waals surface area contributed by atoms with Gasteiger partial charge in [-0.15, -0.1) is 0 Å². The SMILES string of the molecule is CC1(O)CCN(CC(=O)Nc2ccc(CC#N)cc2)C1. The van der Waals surface area contributed by atoms with E-state index in [2.05, 4.69) is 11.4 Å². The van der Waals surface area contributed by atoms with Gasteiger partial charge in [0.2, 0.25) is 5.91 Å². The van der Waals surface area contributed by atoms with Crippen molar-refractivity contribution in [2.45, 2.75) is 25.4 Å². The first-order valence-corrected chi connectivity index (χ1v) is 6.69. The van der Waals surface area contributed by atoms with E-state index in [1.165, 1.54) is 0 Å². The number of nitrogens with one attached hydrogen (secondary N) is 1. The van der Waals surface area contributed by atoms with Gasteiger partial charge in [-0.2, -0.15) is 5.26 Å². The highest BCUT2D eigenvalue weighted by atomic mass is 16.3. The van der Waals surface area contributed by atoms with E-state index in [4.69, 9.17) is 5.26 Å². The molecule has 0 saturated carbocycles. The fourth-order valence-corrected chi connectivity index (χ4v) is 2.37. The zero-order valence-corrected chi connectivity index (χ0v) is 11.6. The Bertz CT molecular complexity index is 517. The third-order valence-electron chi connectivity index (χ3n) is 3.42. The molecule has 1 aliphatic heterocycles. The van der Waals surface area contributed by atoms with Crippen LogP contribution in [0.5, 0.6) is 0 Å². The van der Waals surface area contributed by atoms with E-state index in [1.807, 2.05) is 17.0 Å². The van der Waals surface area contributed by atoms with Gasteiger partial charge in [0.05, 0.1) is 24.6 Å². The van der Waals surface area contributed by atoms with Crippen LogP contribution < -0.4 is 5.32 Å². The summed E-state index contributed by atoms with van der Waals surface area (Å²) in [5, 5.41) is 21.3. The van der Waals surface area contributed by atoms with Crippen molar-refractivity contribution in [2.24, 2.45) is 0 Å². The Morgan fingerprint density at radius 2 is 2.20 bits per heavy atom. The highest BCUT2D eigenvalue weighted by molar-refractivity contribution is 5.92. The van der Waals surface area contributed by atoms with Crippen LogP contribution >= 0.6 is 0 Å². The van der Waals surface area contributed by atoms with Gasteiger partial charge in [-0.25, -0.2) is 0 Å². The van der Waals surface area contributed by atoms with Gasteiger partial charge in [-0.05, 0) is 31.0 Å². The molecule has 1 saturated heterocycles. The number of benzene rings is 1. The van der Waals surface area contributed by atoms with Crippen molar-refractivity contribution in [3.63, 3.8) is 0 Å². The van der Waals surface area contributed by atoms with Gasteiger partial charge in [-0.3, -0.25) is 9.69 Å². The Kier molecular flexibility index (Phi) is 4.38. The van der Waals surface area contributed by atoms with Crippen LogP contribution in [0.25, 0.3) is 0 Å². The zero-order valence-electron chi connectivity index (χ0n) is 11.6. The molecule has 5 heteroatoms. The lowest BCUT2D eigenvalue weighted by atomic mass is 10.1. The summed E-state index contributed by atoms with van der Waals surface area (Å²) in [5.41, 5.74) is 0.975. The minimum Gasteiger partial charge on any atom is -0.389 e. The fraction of sp³-hybridized carbons (Fsp3) is 0.467. The number of carbonyl (C=O) groups excluding carboxylic acids is 1. The van der Waals surface area contributed by atoms with E-state index >= 15 is 0 Å². The monoisotopic (exact) mass is 273 g/mol. The minimum atomic E-state index is -0.681. The molecule has 0 aromatic heterocycles. The number of anilines is 1. The van der Waals surface area contributed by atoms with Gasteiger partial charge < -0.3 is 10.4 Å². The normalized spacial score (nSPS) is 22.4. The van der Waals surface area contributed by atoms with Crippen LogP contribution in [-0.4, -0.2) is 41.1 Å². The highest BCUT2D eigenvalue weighted by Gasteiger charge is 2.31. The molecule has 0 bridgehead atoms. The standard InChI is InChI=1S/C15H19N3O2/c1-15(20)7-9-18(11-15)10-14(19)17-13-4-2-12(3-5-13)6-8-16/h2-5,20H,6-7,9-11H2,1H3,(H,17,19). The first-order valence-electron chi connectivity index (χ1n) is 6.69. The average Bonchev–Trinajstić information content (AvgIpc) is 2.71. The second-order valence-corrected chi connectivity index (χ2v) is 5.54. The molecule has 1 aliphatic rings. The zero-order chi connectivity index (χ0) is 14.6. The first kappa shape index (κ1) is 14.5. The molecule has 5 nitrogen and oxygen atoms in total. The van der Waals surface area contributed by atoms with E-state index in [1.54, 1.807) is 19.1 Å². The molecule has 1 atom stereocenters. The van der Waals surface area contributed by atoms with Crippen molar-refractivity contribution < 1.29 is 9.90 Å². The van der Waals surface area contributed by atoms with Crippen LogP contribution in [0.3, 0.4) is 0 Å². The molecule has 106 valence electrons. The summed E-state index contributed by atoms with van der Waals surface area (Å²) in [7, 11) is 0. The number of hydrogen-bond acceptors (Lipinski definition) is 4. The lowest BCUT2D eigenvalue weighted by molar-refractivity contribution is -0.117. The van der Waals surface area contributed by atoms with E-state index in [0.29, 0.717) is 19.4 Å². The largest absolute Gasteiger partial charge is 0.389 e. The average molecular weight is 273 g/mol. The summed E-state index contributed by atoms with van der Waals surface area (Å²) in [4.78, 5) is 13.8. The third kappa shape index (κ3) is 4.05. The van der Waals surface area contributed by atoms with Gasteiger partial charge >= 0.3 is 0 Å². The molecule has 1 amide bonds. The van der Waals surface area contributed by atoms with Crippen molar-refractivity contribution in [3.05, 3.63) is 29.8 Å². The molecule has 0 radical (unpaired) electrons. The number of nitrogens with zero attached hydrogens (tertiary/aromatic N) is 2. The highest BCUT2D eigenvalue weighted by Crippen LogP contribution is 2.19. The number of β-amino-alcohol motifs (C(OH)–C–C–N with tert-alkyl or cyclic N) is 1. The Hall–Kier alpha value is -1.90. The van der Waals surface area contributed by atoms with Crippen LogP contribution in [0.2, 0.25) is 0 Å². The summed E-state index contributed by atoms with van der Waals surface area (Å²) >= 11 is 0. The van der Waals surface area contributed by atoms with Crippen molar-refractivity contribution in [1.29, 1.82) is 5.26 Å². The number of rotatable bonds is 4. The molecule has 2 N–H and O–H groups in total. The smallest absolute Gasteiger partial charge is 0.238 e. The molecule has 1 fully saturated rings. The number of amides is 1. The molecule has 20 heavy (non-hydrogen) atoms. The number of carbonyl (C=O) groups is 1. The maximum Gasteiger partial charge on any atom is 0.238 e. The van der Waals surface area contributed by atoms with E-state index < -0.39 is 5.60 Å². The van der Waals surface area contributed by atoms with E-state index in [-0.39, 0.29) is 12.5 Å². The molecule has 1 aromatic rings. The van der Waals surface area contributed by atoms with Crippen LogP contribution in [0.15, 0.2) is 24.3 Å². The maximum absolute atomic E-state index is 11.9. The second-order valence-electron chi connectivity index (χ2n) is 5.54. The number of aliphatic hydroxyl groups is 1. The predicted octanol–water partition coefficient (Wildman–Crippen LogP) is 1.15. The summed E-state index contributed by atoms with van der Waals surface area (Å²) in [6, 6.07) is 9.34. The summed E-state index contributed by atoms with van der Waals surface area (Å²) in [6.45, 7) is 3.35. The summed E-state index contributed by atoms with van der Waals surface area (Å²) < 4.78 is 0. The first-order chi connectivity index (χ1) is 9.48. The minimum absolute atomic E-state index is 0.0873. The van der Waals surface area contributed by atoms with Crippen LogP contribution in [0.1, 0.15) is 18.9 Å². The van der Waals surface area contributed by atoms with Gasteiger partial charge in [0.1, 0.15) is 0 Å². The van der Waals surface area contributed by atoms with Crippen LogP contribution in [0, 0.1) is 11.3 Å². The lowest BCUT2D eigenvalue weighted by Gasteiger charge is -2.18. The molecule has 1 aromatic carbocycles. The predicted molar refractivity (Wildman–Crippen MR) is 76.1 cm³/mol. The van der Waals surface area contributed by atoms with Gasteiger partial charge in [-0.1, -0.05) is 12.1 Å². The van der Waals surface area contributed by atoms with Gasteiger partial charge in [0, 0.05) is 18.8 Å². The maximum atomic E-state index is 11.9. The number of likely N-dealkylation sites (tertiary alicyclic amines) is 1. The molecular formula is C15H19N3O2. The molecular weight excluding hydrogens is 254 g/mol. The topological polar surface area (TPSA) is 76.4 Å². The second kappa shape index (κ2) is 6.04. The Morgan fingerprint density at radius 3 is 2.75 bits per heavy atom. The Morgan fingerprint density at radius 1 is 1.50 bits per heavy atom. The van der Waals surface area contributed by atoms with E-state index in [0.717, 1.165) is 17.8 Å². The van der Waals surface area contributed by atoms with Crippen molar-refractivity contribution >= 4 is 11.6 Å². The lowest BCUT2D eigenvalue weighted by Crippen LogP contribution is -2.35. The molecule has 2 rings (SSSR count). The van der Waals surface area contributed by atoms with Crippen molar-refractivity contribution in [2.75, 3.05) is 25.0 Å². The van der Waals surface area contributed by atoms with Crippen molar-refractivity contribution in [1.82, 2.24) is 4.90 Å². The number of hydrogen-bond donors (Lipinski definition) is 2. The van der Waals surface area contributed by atoms with E-state index in [9.17, 15) is 9.90 Å². The molecule has 0 spiro atoms. The third-order valence-corrected chi connectivity index (χ3v) is 3.42. The van der Waals surface area contributed by atoms with Gasteiger partial charge in [0.15, 0.2) is 0 Å². The summed E-state index contributed by atoms with van der Waals surface area (Å²) in [5.74, 6) is -0.0873. The van der Waals surface area contributed by atoms with Crippen LogP contribution in [0.4, 0.5) is 5.69 Å². The molecule has 0 aliphatic carbocycles. The van der Waals surface area contributed by atoms with Gasteiger partial charge in [0.25, 0.3) is 0 Å². The fourth-order valence-electron chi connectivity index (χ4n) is 2.37.